The molecule has 1 amide bonds. The maximum absolute atomic E-state index is 11.8. The lowest BCUT2D eigenvalue weighted by atomic mass is 10.2. The van der Waals surface area contributed by atoms with Crippen LogP contribution in [0.4, 0.5) is 4.79 Å². The largest absolute Gasteiger partial charge is 0.464 e. The summed E-state index contributed by atoms with van der Waals surface area (Å²) in [6, 6.07) is 0. The number of amides is 1. The Labute approximate surface area is 139 Å². The summed E-state index contributed by atoms with van der Waals surface area (Å²) in [6.07, 6.45) is 1.74. The minimum absolute atomic E-state index is 0.0128. The number of carbonyl (C=O) groups is 2. The van der Waals surface area contributed by atoms with Crippen LogP contribution in [0.25, 0.3) is 0 Å². The highest BCUT2D eigenvalue weighted by Crippen LogP contribution is 2.08. The molecule has 1 rings (SSSR count). The van der Waals surface area contributed by atoms with Gasteiger partial charge in [0.15, 0.2) is 5.82 Å². The van der Waals surface area contributed by atoms with Crippen LogP contribution < -0.4 is 11.1 Å². The molecule has 0 bridgehead atoms. The zero-order valence-corrected chi connectivity index (χ0v) is 14.5. The predicted octanol–water partition coefficient (Wildman–Crippen LogP) is 1.51. The summed E-state index contributed by atoms with van der Waals surface area (Å²) in [5.41, 5.74) is -0.695. The summed E-state index contributed by atoms with van der Waals surface area (Å²) < 4.78 is 15.6. The van der Waals surface area contributed by atoms with E-state index in [4.69, 9.17) is 4.74 Å². The number of aromatic nitrogens is 2. The summed E-state index contributed by atoms with van der Waals surface area (Å²) in [6.45, 7) is 7.18. The minimum Gasteiger partial charge on any atom is -0.464 e. The number of alkyl carbamates (subject to hydrolysis) is 1. The van der Waals surface area contributed by atoms with Gasteiger partial charge in [0.2, 0.25) is 0 Å². The first-order valence-corrected chi connectivity index (χ1v) is 7.45. The fourth-order valence-electron chi connectivity index (χ4n) is 1.79. The second-order valence-corrected chi connectivity index (χ2v) is 6.03. The van der Waals surface area contributed by atoms with Gasteiger partial charge in [-0.15, -0.1) is 0 Å². The highest BCUT2D eigenvalue weighted by molar-refractivity contribution is 5.92. The van der Waals surface area contributed by atoms with Crippen molar-refractivity contribution in [3.63, 3.8) is 0 Å². The quantitative estimate of drug-likeness (QED) is 0.474. The molecule has 0 unspecified atom stereocenters. The number of nitrogens with one attached hydrogen (secondary N) is 1. The first kappa shape index (κ1) is 19.5. The van der Waals surface area contributed by atoms with E-state index in [0.29, 0.717) is 25.2 Å². The number of allylic oxidation sites excluding steroid dienone is 1. The van der Waals surface area contributed by atoms with Crippen LogP contribution in [-0.2, 0) is 20.8 Å². The number of unbranched alkanes of at least 4 members (excludes halogenated alkanes) is 1. The van der Waals surface area contributed by atoms with Gasteiger partial charge in [-0.2, -0.15) is 0 Å². The van der Waals surface area contributed by atoms with Crippen LogP contribution >= 0.6 is 0 Å². The predicted molar refractivity (Wildman–Crippen MR) is 84.2 cm³/mol. The molecule has 1 aromatic heterocycles. The van der Waals surface area contributed by atoms with Gasteiger partial charge in [0.05, 0.1) is 7.11 Å². The molecule has 9 nitrogen and oxygen atoms in total. The fourth-order valence-corrected chi connectivity index (χ4v) is 1.79. The van der Waals surface area contributed by atoms with Gasteiger partial charge >= 0.3 is 17.8 Å². The number of aryl methyl sites for hydroxylation is 1. The van der Waals surface area contributed by atoms with E-state index in [1.54, 1.807) is 27.7 Å². The molecule has 0 aliphatic carbocycles. The highest BCUT2D eigenvalue weighted by atomic mass is 16.6. The molecule has 134 valence electrons. The second kappa shape index (κ2) is 8.32. The van der Waals surface area contributed by atoms with Crippen LogP contribution in [0.15, 0.2) is 21.1 Å². The lowest BCUT2D eigenvalue weighted by Crippen LogP contribution is -2.34. The van der Waals surface area contributed by atoms with Crippen LogP contribution in [-0.4, -0.2) is 34.5 Å². The van der Waals surface area contributed by atoms with E-state index >= 15 is 0 Å². The third kappa shape index (κ3) is 6.27. The maximum Gasteiger partial charge on any atom is 0.441 e. The third-order valence-electron chi connectivity index (χ3n) is 2.84. The molecule has 0 spiro atoms. The first-order valence-electron chi connectivity index (χ1n) is 7.45. The molecule has 0 saturated heterocycles. The molecule has 0 radical (unpaired) electrons. The van der Waals surface area contributed by atoms with Gasteiger partial charge in [-0.1, -0.05) is 11.2 Å². The van der Waals surface area contributed by atoms with Crippen molar-refractivity contribution in [1.82, 2.24) is 15.0 Å². The lowest BCUT2D eigenvalue weighted by Gasteiger charge is -2.20. The number of ether oxygens (including phenoxy) is 2. The molecular formula is C15H23N3O6. The van der Waals surface area contributed by atoms with Crippen LogP contribution in [0.3, 0.4) is 0 Å². The lowest BCUT2D eigenvalue weighted by molar-refractivity contribution is -0.136. The van der Waals surface area contributed by atoms with Gasteiger partial charge in [-0.3, -0.25) is 14.4 Å². The van der Waals surface area contributed by atoms with Crippen molar-refractivity contribution in [1.29, 1.82) is 0 Å². The summed E-state index contributed by atoms with van der Waals surface area (Å²) in [5, 5.41) is 5.92. The molecule has 24 heavy (non-hydrogen) atoms. The van der Waals surface area contributed by atoms with Crippen LogP contribution in [0.5, 0.6) is 0 Å². The zero-order valence-electron chi connectivity index (χ0n) is 14.5. The molecule has 9 heteroatoms. The number of rotatable bonds is 6. The molecular weight excluding hydrogens is 318 g/mol. The first-order chi connectivity index (χ1) is 11.1. The van der Waals surface area contributed by atoms with E-state index in [1.165, 1.54) is 17.8 Å². The summed E-state index contributed by atoms with van der Waals surface area (Å²) >= 11 is 0. The maximum atomic E-state index is 11.8. The number of methoxy groups -OCH3 is 1. The van der Waals surface area contributed by atoms with E-state index in [1.807, 2.05) is 0 Å². The number of nitrogens with zero attached hydrogens (tertiary/aromatic N) is 2. The number of esters is 1. The van der Waals surface area contributed by atoms with Crippen molar-refractivity contribution < 1.29 is 23.6 Å². The van der Waals surface area contributed by atoms with Gasteiger partial charge in [0.1, 0.15) is 11.3 Å². The van der Waals surface area contributed by atoms with E-state index in [0.717, 1.165) is 0 Å². The Balaban J connectivity index is 2.64. The Bertz CT molecular complexity index is 665. The van der Waals surface area contributed by atoms with Crippen molar-refractivity contribution in [2.75, 3.05) is 7.11 Å². The van der Waals surface area contributed by atoms with Crippen molar-refractivity contribution in [2.45, 2.75) is 52.7 Å². The van der Waals surface area contributed by atoms with E-state index < -0.39 is 23.4 Å². The van der Waals surface area contributed by atoms with Crippen molar-refractivity contribution in [3.05, 3.63) is 28.1 Å². The van der Waals surface area contributed by atoms with Crippen molar-refractivity contribution in [3.8, 4) is 0 Å². The summed E-state index contributed by atoms with van der Waals surface area (Å²) in [7, 11) is 1.22. The molecule has 0 aromatic carbocycles. The molecule has 1 heterocycles. The third-order valence-corrected chi connectivity index (χ3v) is 2.84. The van der Waals surface area contributed by atoms with Gasteiger partial charge < -0.3 is 9.47 Å². The highest BCUT2D eigenvalue weighted by Gasteiger charge is 2.19. The number of hydrogen-bond acceptors (Lipinski definition) is 7. The normalized spacial score (nSPS) is 12.0. The Morgan fingerprint density at radius 1 is 1.38 bits per heavy atom. The number of hydrogen-bond donors (Lipinski definition) is 1. The Kier molecular flexibility index (Phi) is 6.75. The minimum atomic E-state index is -0.745. The fraction of sp³-hybridized carbons (Fsp3) is 0.600. The topological polar surface area (TPSA) is 113 Å². The zero-order chi connectivity index (χ0) is 18.3. The smallest absolute Gasteiger partial charge is 0.441 e. The van der Waals surface area contributed by atoms with Gasteiger partial charge in [-0.05, 0) is 40.5 Å². The number of carbonyl (C=O) groups excluding carboxylic acids is 2. The molecule has 1 aromatic rings. The van der Waals surface area contributed by atoms with E-state index in [-0.39, 0.29) is 5.70 Å². The Morgan fingerprint density at radius 2 is 2.04 bits per heavy atom. The molecule has 0 aliphatic rings. The van der Waals surface area contributed by atoms with Gasteiger partial charge in [0.25, 0.3) is 0 Å². The van der Waals surface area contributed by atoms with Gasteiger partial charge in [-0.25, -0.2) is 14.4 Å². The molecule has 0 atom stereocenters. The second-order valence-electron chi connectivity index (χ2n) is 6.03. The molecule has 0 fully saturated rings. The van der Waals surface area contributed by atoms with Crippen LogP contribution in [0.2, 0.25) is 0 Å². The monoisotopic (exact) mass is 341 g/mol. The van der Waals surface area contributed by atoms with E-state index in [9.17, 15) is 14.4 Å². The van der Waals surface area contributed by atoms with Gasteiger partial charge in [0, 0.05) is 6.54 Å². The Morgan fingerprint density at radius 3 is 2.54 bits per heavy atom. The average molecular weight is 341 g/mol. The Hall–Kier alpha value is -2.58. The van der Waals surface area contributed by atoms with Crippen LogP contribution in [0, 0.1) is 6.92 Å². The molecule has 0 saturated carbocycles. The molecule has 0 aliphatic heterocycles. The average Bonchev–Trinajstić information content (AvgIpc) is 2.79. The molecule has 1 N–H and O–H groups in total. The SMILES string of the molecule is COC(=O)C(=CCCCn1c(C)noc1=O)NC(=O)OC(C)(C)C. The van der Waals surface area contributed by atoms with E-state index in [2.05, 4.69) is 19.7 Å². The summed E-state index contributed by atoms with van der Waals surface area (Å²) in [4.78, 5) is 34.8. The van der Waals surface area contributed by atoms with Crippen LogP contribution in [0.1, 0.15) is 39.4 Å². The van der Waals surface area contributed by atoms with Crippen molar-refractivity contribution >= 4 is 12.1 Å². The standard InChI is InChI=1S/C15H23N3O6/c1-10-17-24-14(21)18(10)9-7-6-8-11(12(19)22-5)16-13(20)23-15(2,3)4/h8H,6-7,9H2,1-5H3,(H,16,20). The summed E-state index contributed by atoms with van der Waals surface area (Å²) in [5.74, 6) is -0.736. The van der Waals surface area contributed by atoms with Crippen molar-refractivity contribution in [2.24, 2.45) is 0 Å².